The van der Waals surface area contributed by atoms with Crippen LogP contribution in [0.1, 0.15) is 70.6 Å². The van der Waals surface area contributed by atoms with Gasteiger partial charge in [-0.1, -0.05) is 45.0 Å². The number of benzene rings is 1. The van der Waals surface area contributed by atoms with E-state index in [0.29, 0.717) is 33.0 Å². The number of halogens is 1. The number of aryl methyl sites for hydroxylation is 1. The quantitative estimate of drug-likeness (QED) is 0.0748. The summed E-state index contributed by atoms with van der Waals surface area (Å²) in [7, 11) is 3.38. The molecule has 2 atom stereocenters. The van der Waals surface area contributed by atoms with Gasteiger partial charge in [-0.2, -0.15) is 0 Å². The van der Waals surface area contributed by atoms with Gasteiger partial charge in [0, 0.05) is 40.8 Å². The summed E-state index contributed by atoms with van der Waals surface area (Å²) >= 11 is 3.77. The molecule has 0 saturated carbocycles. The zero-order valence-electron chi connectivity index (χ0n) is 27.8. The number of likely N-dealkylation sites (tertiary alicyclic amines) is 1. The minimum Gasteiger partial charge on any atom is -0.379 e. The maximum atomic E-state index is 12.2. The zero-order chi connectivity index (χ0) is 33.8. The Bertz CT molecular complexity index is 1160. The number of unbranched alkanes of at least 4 members (excludes halogenated alkanes) is 2. The first kappa shape index (κ1) is 40.6. The van der Waals surface area contributed by atoms with Crippen molar-refractivity contribution in [2.24, 2.45) is 5.41 Å². The summed E-state index contributed by atoms with van der Waals surface area (Å²) in [5.41, 5.74) is 4.96. The Kier molecular flexibility index (Phi) is 20.2. The summed E-state index contributed by atoms with van der Waals surface area (Å²) < 4.78 is 16.0. The number of carbonyl (C=O) groups excluding carboxylic acids is 3. The number of aromatic nitrogens is 1. The predicted molar refractivity (Wildman–Crippen MR) is 195 cm³/mol. The van der Waals surface area contributed by atoms with Crippen LogP contribution in [0.4, 0.5) is 0 Å². The van der Waals surface area contributed by atoms with Crippen molar-refractivity contribution in [3.05, 3.63) is 41.0 Å². The molecule has 2 N–H and O–H groups in total. The fraction of sp³-hybridized carbons (Fsp3) is 0.636. The summed E-state index contributed by atoms with van der Waals surface area (Å²) in [6.45, 7) is 12.2. The average Bonchev–Trinajstić information content (AvgIpc) is 3.67. The van der Waals surface area contributed by atoms with Gasteiger partial charge in [0.25, 0.3) is 0 Å². The van der Waals surface area contributed by atoms with Crippen molar-refractivity contribution in [3.63, 3.8) is 0 Å². The van der Waals surface area contributed by atoms with E-state index in [2.05, 4.69) is 66.0 Å². The maximum Gasteiger partial charge on any atom is 0.237 e. The van der Waals surface area contributed by atoms with Gasteiger partial charge in [-0.15, -0.1) is 11.3 Å². The Hall–Kier alpha value is -1.62. The molecule has 13 heteroatoms. The molecule has 2 heterocycles. The number of likely N-dealkylation sites (N-methyl/N-ethyl adjacent to an activating group) is 1. The molecule has 46 heavy (non-hydrogen) atoms. The number of ether oxygens (including phenoxy) is 2. The number of nitrogens with zero attached hydrogens (tertiary/aromatic N) is 2. The molecule has 10 nitrogen and oxygen atoms in total. The molecule has 2 amide bonds. The molecule has 1 fully saturated rings. The third-order valence-electron chi connectivity index (χ3n) is 7.54. The summed E-state index contributed by atoms with van der Waals surface area (Å²) in [6, 6.07) is 7.92. The summed E-state index contributed by atoms with van der Waals surface area (Å²) in [4.78, 5) is 42.5. The van der Waals surface area contributed by atoms with E-state index in [1.807, 2.05) is 40.3 Å². The number of thiazole rings is 1. The molecular weight excluding hydrogens is 739 g/mol. The van der Waals surface area contributed by atoms with Crippen molar-refractivity contribution in [1.29, 1.82) is 0 Å². The number of hydrogen-bond acceptors (Lipinski definition) is 10. The van der Waals surface area contributed by atoms with E-state index >= 15 is 0 Å². The smallest absolute Gasteiger partial charge is 0.237 e. The molecule has 2 aromatic rings. The van der Waals surface area contributed by atoms with Crippen LogP contribution in [0.25, 0.3) is 10.4 Å². The maximum absolute atomic E-state index is 12.2. The van der Waals surface area contributed by atoms with E-state index in [1.54, 1.807) is 11.3 Å². The molecule has 1 aliphatic rings. The van der Waals surface area contributed by atoms with Gasteiger partial charge in [-0.05, 0) is 69.2 Å². The minimum atomic E-state index is -0.478. The molecular formula is C33H51IN4O6S2. The molecule has 0 radical (unpaired) electrons. The number of carbonyl (C=O) groups is 3. The molecule has 1 aromatic heterocycles. The lowest BCUT2D eigenvalue weighted by molar-refractivity contribution is -0.126. The SMILES string of the molecule is CC(C)(C)C(C=O)NC(=O)CCOCCOCCCCCOSI.Cc1ncsc1-c1ccc(CNC(=O)C2CCCN2C)cc1. The van der Waals surface area contributed by atoms with Crippen molar-refractivity contribution >= 4 is 59.9 Å². The molecule has 1 aliphatic heterocycles. The van der Waals surface area contributed by atoms with Crippen molar-refractivity contribution in [2.45, 2.75) is 84.8 Å². The topological polar surface area (TPSA) is 119 Å². The molecule has 0 spiro atoms. The monoisotopic (exact) mass is 790 g/mol. The lowest BCUT2D eigenvalue weighted by Gasteiger charge is -2.26. The van der Waals surface area contributed by atoms with Crippen LogP contribution in [0.15, 0.2) is 29.8 Å². The van der Waals surface area contributed by atoms with Crippen LogP contribution in [0.5, 0.6) is 0 Å². The molecule has 0 bridgehead atoms. The van der Waals surface area contributed by atoms with Gasteiger partial charge in [0.15, 0.2) is 0 Å². The fourth-order valence-corrected chi connectivity index (χ4v) is 6.19. The second-order valence-corrected chi connectivity index (χ2v) is 14.6. The molecule has 3 rings (SSSR count). The molecule has 1 saturated heterocycles. The highest BCUT2D eigenvalue weighted by Crippen LogP contribution is 2.27. The van der Waals surface area contributed by atoms with E-state index in [4.69, 9.17) is 13.7 Å². The number of hydrogen-bond donors (Lipinski definition) is 2. The average molecular weight is 791 g/mol. The minimum absolute atomic E-state index is 0.0408. The van der Waals surface area contributed by atoms with Gasteiger partial charge in [0.05, 0.1) is 63.8 Å². The van der Waals surface area contributed by atoms with Crippen LogP contribution >= 0.6 is 41.8 Å². The Morgan fingerprint density at radius 2 is 1.80 bits per heavy atom. The molecule has 1 aromatic carbocycles. The first-order chi connectivity index (χ1) is 22.1. The van der Waals surface area contributed by atoms with Crippen LogP contribution in [0.3, 0.4) is 0 Å². The Balaban J connectivity index is 0.000000320. The van der Waals surface area contributed by atoms with Crippen molar-refractivity contribution in [3.8, 4) is 10.4 Å². The van der Waals surface area contributed by atoms with E-state index < -0.39 is 6.04 Å². The van der Waals surface area contributed by atoms with Crippen LogP contribution < -0.4 is 10.6 Å². The highest BCUT2D eigenvalue weighted by Gasteiger charge is 2.27. The predicted octanol–water partition coefficient (Wildman–Crippen LogP) is 6.15. The second-order valence-electron chi connectivity index (χ2n) is 12.3. The highest BCUT2D eigenvalue weighted by molar-refractivity contribution is 14.2. The third-order valence-corrected chi connectivity index (χ3v) is 9.54. The highest BCUT2D eigenvalue weighted by atomic mass is 127. The Morgan fingerprint density at radius 1 is 1.11 bits per heavy atom. The fourth-order valence-electron chi connectivity index (χ4n) is 4.66. The van der Waals surface area contributed by atoms with Gasteiger partial charge in [0.2, 0.25) is 11.8 Å². The summed E-state index contributed by atoms with van der Waals surface area (Å²) in [6.07, 6.45) is 6.24. The van der Waals surface area contributed by atoms with E-state index in [9.17, 15) is 14.4 Å². The zero-order valence-corrected chi connectivity index (χ0v) is 31.6. The molecule has 2 unspecified atom stereocenters. The normalized spacial score (nSPS) is 15.6. The van der Waals surface area contributed by atoms with Crippen molar-refractivity contribution in [1.82, 2.24) is 20.5 Å². The lowest BCUT2D eigenvalue weighted by Crippen LogP contribution is -2.45. The number of nitrogens with one attached hydrogen (secondary N) is 2. The van der Waals surface area contributed by atoms with Crippen molar-refractivity contribution in [2.75, 3.05) is 46.6 Å². The van der Waals surface area contributed by atoms with Crippen LogP contribution in [0.2, 0.25) is 0 Å². The van der Waals surface area contributed by atoms with E-state index in [-0.39, 0.29) is 29.7 Å². The summed E-state index contributed by atoms with van der Waals surface area (Å²) in [5.74, 6) is -0.0304. The second kappa shape index (κ2) is 22.9. The van der Waals surface area contributed by atoms with Gasteiger partial charge >= 0.3 is 0 Å². The molecule has 0 aliphatic carbocycles. The third kappa shape index (κ3) is 16.0. The Morgan fingerprint density at radius 3 is 2.39 bits per heavy atom. The number of rotatable bonds is 19. The standard InChI is InChI=1S/C17H21N3OS.C16H30INO5S/c1-12-16(22-11-19-12)14-7-5-13(6-8-14)10-18-17(21)15-4-3-9-20(15)2;1-16(2,3)14(13-19)18-15(20)7-10-22-12-11-21-8-5-4-6-9-23-24-17/h5-8,11,15H,3-4,9-10H2,1-2H3,(H,18,21);13-14H,4-12H2,1-3H3,(H,18,20). The van der Waals surface area contributed by atoms with Crippen LogP contribution in [-0.4, -0.2) is 86.7 Å². The number of aldehydes is 1. The van der Waals surface area contributed by atoms with Crippen LogP contribution in [0, 0.1) is 12.3 Å². The van der Waals surface area contributed by atoms with Gasteiger partial charge in [-0.3, -0.25) is 14.5 Å². The van der Waals surface area contributed by atoms with Crippen LogP contribution in [-0.2, 0) is 34.6 Å². The van der Waals surface area contributed by atoms with Gasteiger partial charge in [0.1, 0.15) is 6.29 Å². The largest absolute Gasteiger partial charge is 0.379 e. The number of amides is 2. The Labute approximate surface area is 295 Å². The lowest BCUT2D eigenvalue weighted by atomic mass is 9.87. The van der Waals surface area contributed by atoms with Gasteiger partial charge < -0.3 is 29.1 Å². The summed E-state index contributed by atoms with van der Waals surface area (Å²) in [5, 5.41) is 5.76. The van der Waals surface area contributed by atoms with E-state index in [0.717, 1.165) is 62.8 Å². The van der Waals surface area contributed by atoms with Gasteiger partial charge in [-0.25, -0.2) is 4.98 Å². The first-order valence-electron chi connectivity index (χ1n) is 15.8. The van der Waals surface area contributed by atoms with Crippen molar-refractivity contribution < 1.29 is 28.0 Å². The first-order valence-corrected chi connectivity index (χ1v) is 20.0. The van der Waals surface area contributed by atoms with E-state index in [1.165, 1.54) is 19.7 Å². The molecule has 258 valence electrons.